The van der Waals surface area contributed by atoms with Gasteiger partial charge in [-0.15, -0.1) is 0 Å². The Morgan fingerprint density at radius 2 is 1.68 bits per heavy atom. The lowest BCUT2D eigenvalue weighted by molar-refractivity contribution is 0.0946. The van der Waals surface area contributed by atoms with Gasteiger partial charge in [0.25, 0.3) is 11.8 Å². The summed E-state index contributed by atoms with van der Waals surface area (Å²) in [5.41, 5.74) is 1.82. The van der Waals surface area contributed by atoms with E-state index in [4.69, 9.17) is 23.2 Å². The van der Waals surface area contributed by atoms with E-state index >= 15 is 0 Å². The lowest BCUT2D eigenvalue weighted by atomic mass is 10.1. The van der Waals surface area contributed by atoms with Crippen LogP contribution in [0.2, 0.25) is 10.0 Å². The minimum atomic E-state index is -0.281. The van der Waals surface area contributed by atoms with Crippen molar-refractivity contribution in [2.24, 2.45) is 0 Å². The number of carbonyl (C=O) groups excluding carboxylic acids is 2. The molecule has 0 aliphatic heterocycles. The number of hydrogen-bond acceptors (Lipinski definition) is 2. The van der Waals surface area contributed by atoms with Crippen molar-refractivity contribution in [3.05, 3.63) is 69.2 Å². The van der Waals surface area contributed by atoms with E-state index in [1.807, 2.05) is 0 Å². The second-order valence-corrected chi connectivity index (χ2v) is 5.43. The van der Waals surface area contributed by atoms with E-state index in [-0.39, 0.29) is 11.8 Å². The first-order valence-electron chi connectivity index (χ1n) is 6.55. The molecule has 0 aliphatic carbocycles. The van der Waals surface area contributed by atoms with Gasteiger partial charge in [0.15, 0.2) is 0 Å². The summed E-state index contributed by atoms with van der Waals surface area (Å²) in [7, 11) is 1.58. The monoisotopic (exact) mass is 336 g/mol. The third kappa shape index (κ3) is 4.00. The molecule has 0 bridgehead atoms. The van der Waals surface area contributed by atoms with Gasteiger partial charge in [0.2, 0.25) is 0 Å². The number of hydrogen-bond donors (Lipinski definition) is 2. The molecule has 0 spiro atoms. The Balaban J connectivity index is 2.00. The Labute approximate surface area is 138 Å². The van der Waals surface area contributed by atoms with Crippen molar-refractivity contribution in [3.8, 4) is 0 Å². The topological polar surface area (TPSA) is 58.2 Å². The Morgan fingerprint density at radius 1 is 1.00 bits per heavy atom. The van der Waals surface area contributed by atoms with Crippen LogP contribution in [0.25, 0.3) is 0 Å². The second-order valence-electron chi connectivity index (χ2n) is 4.58. The highest BCUT2D eigenvalue weighted by Crippen LogP contribution is 2.20. The van der Waals surface area contributed by atoms with Crippen molar-refractivity contribution < 1.29 is 9.59 Å². The van der Waals surface area contributed by atoms with Gasteiger partial charge in [0.05, 0.1) is 10.6 Å². The van der Waals surface area contributed by atoms with Crippen molar-refractivity contribution in [1.29, 1.82) is 0 Å². The fraction of sp³-hybridized carbons (Fsp3) is 0.125. The van der Waals surface area contributed by atoms with Gasteiger partial charge in [-0.1, -0.05) is 35.3 Å². The molecular formula is C16H14Cl2N2O2. The van der Waals surface area contributed by atoms with Crippen LogP contribution in [0, 0.1) is 0 Å². The Morgan fingerprint density at radius 3 is 2.27 bits per heavy atom. The molecule has 2 N–H and O–H groups in total. The summed E-state index contributed by atoms with van der Waals surface area (Å²) < 4.78 is 0. The maximum Gasteiger partial charge on any atom is 0.253 e. The Bertz CT molecular complexity index is 700. The maximum atomic E-state index is 12.1. The standard InChI is InChI=1S/C16H14Cl2N2O2/c1-19-15(21)11-4-2-10(3-5-11)9-20-16(22)13-7-6-12(17)8-14(13)18/h2-8H,9H2,1H3,(H,19,21)(H,20,22). The summed E-state index contributed by atoms with van der Waals surface area (Å²) >= 11 is 11.8. The highest BCUT2D eigenvalue weighted by atomic mass is 35.5. The second kappa shape index (κ2) is 7.29. The van der Waals surface area contributed by atoms with Gasteiger partial charge >= 0.3 is 0 Å². The number of carbonyl (C=O) groups is 2. The first-order chi connectivity index (χ1) is 10.5. The van der Waals surface area contributed by atoms with Crippen molar-refractivity contribution in [2.45, 2.75) is 6.54 Å². The summed E-state index contributed by atoms with van der Waals surface area (Å²) in [6, 6.07) is 11.7. The predicted molar refractivity (Wildman–Crippen MR) is 87.5 cm³/mol. The van der Waals surface area contributed by atoms with Crippen molar-refractivity contribution in [3.63, 3.8) is 0 Å². The lowest BCUT2D eigenvalue weighted by Gasteiger charge is -2.08. The third-order valence-corrected chi connectivity index (χ3v) is 3.62. The van der Waals surface area contributed by atoms with Crippen LogP contribution < -0.4 is 10.6 Å². The molecule has 6 heteroatoms. The molecule has 2 rings (SSSR count). The zero-order valence-corrected chi connectivity index (χ0v) is 13.3. The molecule has 0 heterocycles. The van der Waals surface area contributed by atoms with E-state index in [9.17, 15) is 9.59 Å². The highest BCUT2D eigenvalue weighted by Gasteiger charge is 2.10. The number of nitrogens with one attached hydrogen (secondary N) is 2. The van der Waals surface area contributed by atoms with Gasteiger partial charge < -0.3 is 10.6 Å². The van der Waals surface area contributed by atoms with Crippen LogP contribution >= 0.6 is 23.2 Å². The van der Waals surface area contributed by atoms with Crippen LogP contribution in [0.4, 0.5) is 0 Å². The van der Waals surface area contributed by atoms with E-state index in [0.717, 1.165) is 5.56 Å². The van der Waals surface area contributed by atoms with Gasteiger partial charge in [-0.3, -0.25) is 9.59 Å². The Kier molecular flexibility index (Phi) is 5.41. The summed E-state index contributed by atoms with van der Waals surface area (Å²) in [4.78, 5) is 23.5. The molecule has 4 nitrogen and oxygen atoms in total. The molecule has 114 valence electrons. The van der Waals surface area contributed by atoms with Gasteiger partial charge in [0.1, 0.15) is 0 Å². The molecule has 22 heavy (non-hydrogen) atoms. The van der Waals surface area contributed by atoms with Gasteiger partial charge in [-0.25, -0.2) is 0 Å². The summed E-state index contributed by atoms with van der Waals surface area (Å²) in [6.45, 7) is 0.339. The quantitative estimate of drug-likeness (QED) is 0.900. The minimum Gasteiger partial charge on any atom is -0.355 e. The number of rotatable bonds is 4. The first-order valence-corrected chi connectivity index (χ1v) is 7.31. The SMILES string of the molecule is CNC(=O)c1ccc(CNC(=O)c2ccc(Cl)cc2Cl)cc1. The number of benzene rings is 2. The maximum absolute atomic E-state index is 12.1. The fourth-order valence-corrected chi connectivity index (χ4v) is 2.36. The predicted octanol–water partition coefficient (Wildman–Crippen LogP) is 3.28. The highest BCUT2D eigenvalue weighted by molar-refractivity contribution is 6.36. The van der Waals surface area contributed by atoms with E-state index in [0.29, 0.717) is 27.7 Å². The summed E-state index contributed by atoms with van der Waals surface area (Å²) in [5.74, 6) is -0.430. The van der Waals surface area contributed by atoms with E-state index in [1.54, 1.807) is 43.4 Å². The zero-order valence-electron chi connectivity index (χ0n) is 11.8. The number of amides is 2. The van der Waals surface area contributed by atoms with Gasteiger partial charge in [-0.05, 0) is 35.9 Å². The van der Waals surface area contributed by atoms with Gasteiger partial charge in [-0.2, -0.15) is 0 Å². The van der Waals surface area contributed by atoms with Crippen LogP contribution in [-0.4, -0.2) is 18.9 Å². The minimum absolute atomic E-state index is 0.150. The molecule has 0 atom stereocenters. The largest absolute Gasteiger partial charge is 0.355 e. The number of halogens is 2. The van der Waals surface area contributed by atoms with Crippen LogP contribution in [0.15, 0.2) is 42.5 Å². The average molecular weight is 337 g/mol. The van der Waals surface area contributed by atoms with Crippen LogP contribution in [-0.2, 0) is 6.54 Å². The molecule has 0 radical (unpaired) electrons. The van der Waals surface area contributed by atoms with Crippen molar-refractivity contribution in [1.82, 2.24) is 10.6 Å². The van der Waals surface area contributed by atoms with E-state index < -0.39 is 0 Å². The molecular weight excluding hydrogens is 323 g/mol. The van der Waals surface area contributed by atoms with Crippen LogP contribution in [0.3, 0.4) is 0 Å². The molecule has 0 saturated heterocycles. The molecule has 0 unspecified atom stereocenters. The summed E-state index contributed by atoms with van der Waals surface area (Å²) in [5, 5.41) is 6.10. The fourth-order valence-electron chi connectivity index (χ4n) is 1.87. The molecule has 2 aromatic carbocycles. The van der Waals surface area contributed by atoms with Gasteiger partial charge in [0, 0.05) is 24.2 Å². The molecule has 2 amide bonds. The van der Waals surface area contributed by atoms with E-state index in [1.165, 1.54) is 6.07 Å². The summed E-state index contributed by atoms with van der Waals surface area (Å²) in [6.07, 6.45) is 0. The lowest BCUT2D eigenvalue weighted by Crippen LogP contribution is -2.23. The van der Waals surface area contributed by atoms with E-state index in [2.05, 4.69) is 10.6 Å². The Hall–Kier alpha value is -2.04. The van der Waals surface area contributed by atoms with Crippen LogP contribution in [0.5, 0.6) is 0 Å². The first kappa shape index (κ1) is 16.3. The smallest absolute Gasteiger partial charge is 0.253 e. The third-order valence-electron chi connectivity index (χ3n) is 3.07. The molecule has 0 saturated carbocycles. The normalized spacial score (nSPS) is 10.1. The molecule has 0 aliphatic rings. The average Bonchev–Trinajstić information content (AvgIpc) is 2.52. The van der Waals surface area contributed by atoms with Crippen LogP contribution in [0.1, 0.15) is 26.3 Å². The zero-order chi connectivity index (χ0) is 16.1. The van der Waals surface area contributed by atoms with Crippen molar-refractivity contribution >= 4 is 35.0 Å². The van der Waals surface area contributed by atoms with Crippen molar-refractivity contribution in [2.75, 3.05) is 7.05 Å². The molecule has 0 fully saturated rings. The molecule has 2 aromatic rings. The molecule has 0 aromatic heterocycles.